The summed E-state index contributed by atoms with van der Waals surface area (Å²) in [5.41, 5.74) is 6.43. The monoisotopic (exact) mass is 321 g/mol. The molecule has 3 heterocycles. The van der Waals surface area contributed by atoms with E-state index in [1.165, 1.54) is 25.9 Å². The number of nitrogens with zero attached hydrogens (tertiary/aromatic N) is 2. The molecule has 7 heteroatoms. The van der Waals surface area contributed by atoms with E-state index in [-0.39, 0.29) is 18.0 Å². The predicted molar refractivity (Wildman–Crippen MR) is 91.7 cm³/mol. The minimum atomic E-state index is -0.0821. The van der Waals surface area contributed by atoms with Crippen molar-refractivity contribution in [2.75, 3.05) is 19.6 Å². The molecule has 4 rings (SSSR count). The number of nitrogens with one attached hydrogen (secondary N) is 4. The first-order chi connectivity index (χ1) is 10.9. The molecule has 2 saturated heterocycles. The van der Waals surface area contributed by atoms with E-state index in [9.17, 15) is 0 Å². The van der Waals surface area contributed by atoms with Crippen molar-refractivity contribution in [3.8, 4) is 0 Å². The van der Waals surface area contributed by atoms with Crippen LogP contribution in [0.15, 0.2) is 4.99 Å². The van der Waals surface area contributed by atoms with Crippen LogP contribution in [0.2, 0.25) is 0 Å². The SMILES string of the molecule is CC(C)(C)NC1=NC2C(CN1)NC(N)N2C1CC2CNCC2C1. The summed E-state index contributed by atoms with van der Waals surface area (Å²) in [5.74, 6) is 2.55. The summed E-state index contributed by atoms with van der Waals surface area (Å²) in [6, 6.07) is 0.858. The maximum absolute atomic E-state index is 6.42. The lowest BCUT2D eigenvalue weighted by molar-refractivity contribution is 0.121. The number of hydrogen-bond donors (Lipinski definition) is 5. The van der Waals surface area contributed by atoms with Crippen LogP contribution in [-0.2, 0) is 0 Å². The first-order valence-electron chi connectivity index (χ1n) is 9.00. The second-order valence-electron chi connectivity index (χ2n) is 8.62. The summed E-state index contributed by atoms with van der Waals surface area (Å²) in [4.78, 5) is 7.40. The zero-order chi connectivity index (χ0) is 16.2. The molecular weight excluding hydrogens is 290 g/mol. The lowest BCUT2D eigenvalue weighted by Gasteiger charge is -2.35. The molecule has 5 unspecified atom stereocenters. The van der Waals surface area contributed by atoms with Crippen LogP contribution in [0.3, 0.4) is 0 Å². The van der Waals surface area contributed by atoms with Crippen LogP contribution in [0.1, 0.15) is 33.6 Å². The Morgan fingerprint density at radius 2 is 1.87 bits per heavy atom. The Balaban J connectivity index is 1.51. The van der Waals surface area contributed by atoms with Gasteiger partial charge in [0.25, 0.3) is 0 Å². The Labute approximate surface area is 138 Å². The Kier molecular flexibility index (Phi) is 3.79. The van der Waals surface area contributed by atoms with Crippen LogP contribution in [0.4, 0.5) is 0 Å². The van der Waals surface area contributed by atoms with E-state index in [4.69, 9.17) is 10.7 Å². The van der Waals surface area contributed by atoms with Gasteiger partial charge in [-0.15, -0.1) is 0 Å². The predicted octanol–water partition coefficient (Wildman–Crippen LogP) is -0.826. The van der Waals surface area contributed by atoms with Gasteiger partial charge in [0.15, 0.2) is 5.96 Å². The summed E-state index contributed by atoms with van der Waals surface area (Å²) in [7, 11) is 0. The van der Waals surface area contributed by atoms with Crippen LogP contribution in [-0.4, -0.2) is 60.6 Å². The van der Waals surface area contributed by atoms with E-state index in [1.54, 1.807) is 0 Å². The van der Waals surface area contributed by atoms with E-state index in [2.05, 4.69) is 46.9 Å². The molecule has 0 spiro atoms. The third kappa shape index (κ3) is 2.95. The van der Waals surface area contributed by atoms with Crippen LogP contribution >= 0.6 is 0 Å². The normalized spacial score (nSPS) is 43.7. The molecule has 5 atom stereocenters. The molecule has 0 aromatic carbocycles. The highest BCUT2D eigenvalue weighted by Crippen LogP contribution is 2.39. The van der Waals surface area contributed by atoms with Gasteiger partial charge in [0.2, 0.25) is 0 Å². The van der Waals surface area contributed by atoms with Gasteiger partial charge in [-0.3, -0.25) is 5.32 Å². The summed E-state index contributed by atoms with van der Waals surface area (Å²) < 4.78 is 0. The Morgan fingerprint density at radius 1 is 1.17 bits per heavy atom. The van der Waals surface area contributed by atoms with Crippen molar-refractivity contribution < 1.29 is 0 Å². The van der Waals surface area contributed by atoms with Gasteiger partial charge in [-0.1, -0.05) is 0 Å². The quantitative estimate of drug-likeness (QED) is 0.433. The van der Waals surface area contributed by atoms with E-state index >= 15 is 0 Å². The van der Waals surface area contributed by atoms with Crippen LogP contribution in [0, 0.1) is 11.8 Å². The molecule has 4 aliphatic rings. The molecule has 0 amide bonds. The van der Waals surface area contributed by atoms with Crippen molar-refractivity contribution in [3.05, 3.63) is 0 Å². The zero-order valence-corrected chi connectivity index (χ0v) is 14.5. The highest BCUT2D eigenvalue weighted by Gasteiger charge is 2.49. The molecule has 3 fully saturated rings. The van der Waals surface area contributed by atoms with Gasteiger partial charge >= 0.3 is 0 Å². The van der Waals surface area contributed by atoms with Crippen molar-refractivity contribution in [2.45, 2.75) is 63.7 Å². The van der Waals surface area contributed by atoms with Crippen LogP contribution in [0.5, 0.6) is 0 Å². The maximum Gasteiger partial charge on any atom is 0.193 e. The average molecular weight is 321 g/mol. The third-order valence-electron chi connectivity index (χ3n) is 5.67. The molecule has 7 nitrogen and oxygen atoms in total. The number of fused-ring (bicyclic) bond motifs is 2. The summed E-state index contributed by atoms with van der Waals surface area (Å²) in [6.07, 6.45) is 2.57. The summed E-state index contributed by atoms with van der Waals surface area (Å²) >= 11 is 0. The number of nitrogens with two attached hydrogens (primary N) is 1. The first kappa shape index (κ1) is 15.6. The second kappa shape index (κ2) is 5.58. The molecule has 3 aliphatic heterocycles. The lowest BCUT2D eigenvalue weighted by Crippen LogP contribution is -2.57. The smallest absolute Gasteiger partial charge is 0.193 e. The standard InChI is InChI=1S/C16H31N7/c1-16(2,3)22-15-19-8-12-13(21-15)23(14(17)20-12)11-4-9-6-18-7-10(9)5-11/h9-14,18,20H,4-8,17H2,1-3H3,(H2,19,21,22). The van der Waals surface area contributed by atoms with Gasteiger partial charge in [-0.25, -0.2) is 9.89 Å². The fourth-order valence-corrected chi connectivity index (χ4v) is 4.72. The fraction of sp³-hybridized carbons (Fsp3) is 0.938. The van der Waals surface area contributed by atoms with Gasteiger partial charge in [-0.2, -0.15) is 0 Å². The molecule has 6 N–H and O–H groups in total. The topological polar surface area (TPSA) is 89.7 Å². The number of guanidine groups is 1. The largest absolute Gasteiger partial charge is 0.355 e. The minimum Gasteiger partial charge on any atom is -0.355 e. The molecule has 23 heavy (non-hydrogen) atoms. The lowest BCUT2D eigenvalue weighted by atomic mass is 10.0. The van der Waals surface area contributed by atoms with Gasteiger partial charge in [-0.05, 0) is 58.5 Å². The average Bonchev–Trinajstić information content (AvgIpc) is 3.07. The van der Waals surface area contributed by atoms with Gasteiger partial charge < -0.3 is 21.7 Å². The molecular formula is C16H31N7. The second-order valence-corrected chi connectivity index (χ2v) is 8.62. The number of rotatable bonds is 1. The minimum absolute atomic E-state index is 0.00764. The van der Waals surface area contributed by atoms with Gasteiger partial charge in [0.05, 0.1) is 6.04 Å². The zero-order valence-electron chi connectivity index (χ0n) is 14.5. The molecule has 0 aromatic rings. The number of hydrogen-bond acceptors (Lipinski definition) is 7. The Hall–Kier alpha value is -0.890. The summed E-state index contributed by atoms with van der Waals surface area (Å²) in [6.45, 7) is 9.69. The van der Waals surface area contributed by atoms with Gasteiger partial charge in [0, 0.05) is 18.1 Å². The van der Waals surface area contributed by atoms with E-state index in [0.717, 1.165) is 24.3 Å². The van der Waals surface area contributed by atoms with Crippen molar-refractivity contribution in [2.24, 2.45) is 22.6 Å². The molecule has 0 bridgehead atoms. The Bertz CT molecular complexity index is 473. The van der Waals surface area contributed by atoms with Gasteiger partial charge in [0.1, 0.15) is 12.5 Å². The van der Waals surface area contributed by atoms with E-state index in [1.807, 2.05) is 0 Å². The number of aliphatic imine (C=N–C) groups is 1. The molecule has 0 aromatic heterocycles. The molecule has 1 saturated carbocycles. The highest BCUT2D eigenvalue weighted by molar-refractivity contribution is 5.81. The van der Waals surface area contributed by atoms with Crippen LogP contribution in [0.25, 0.3) is 0 Å². The fourth-order valence-electron chi connectivity index (χ4n) is 4.72. The van der Waals surface area contributed by atoms with E-state index < -0.39 is 0 Å². The maximum atomic E-state index is 6.42. The van der Waals surface area contributed by atoms with Crippen LogP contribution < -0.4 is 27.0 Å². The van der Waals surface area contributed by atoms with Crippen molar-refractivity contribution in [3.63, 3.8) is 0 Å². The molecule has 130 valence electrons. The summed E-state index contributed by atoms with van der Waals surface area (Å²) in [5, 5.41) is 13.9. The van der Waals surface area contributed by atoms with Crippen molar-refractivity contribution in [1.82, 2.24) is 26.2 Å². The van der Waals surface area contributed by atoms with E-state index in [0.29, 0.717) is 12.1 Å². The first-order valence-corrected chi connectivity index (χ1v) is 9.00. The third-order valence-corrected chi connectivity index (χ3v) is 5.67. The molecule has 1 aliphatic carbocycles. The molecule has 0 radical (unpaired) electrons. The Morgan fingerprint density at radius 3 is 2.52 bits per heavy atom. The van der Waals surface area contributed by atoms with Crippen molar-refractivity contribution >= 4 is 5.96 Å². The highest BCUT2D eigenvalue weighted by atomic mass is 15.5. The van der Waals surface area contributed by atoms with Crippen molar-refractivity contribution in [1.29, 1.82) is 0 Å².